The monoisotopic (exact) mass is 364 g/mol. The first-order valence-corrected chi connectivity index (χ1v) is 9.20. The van der Waals surface area contributed by atoms with Crippen LogP contribution >= 0.6 is 0 Å². The Hall–Kier alpha value is -2.79. The molecular formula is C22H24N2O3. The Morgan fingerprint density at radius 1 is 1.22 bits per heavy atom. The molecule has 1 atom stereocenters. The smallest absolute Gasteiger partial charge is 0.230 e. The van der Waals surface area contributed by atoms with E-state index in [1.165, 1.54) is 0 Å². The minimum absolute atomic E-state index is 0.0497. The highest BCUT2D eigenvalue weighted by Gasteiger charge is 2.52. The predicted octanol–water partition coefficient (Wildman–Crippen LogP) is 3.07. The molecule has 0 aliphatic heterocycles. The van der Waals surface area contributed by atoms with Gasteiger partial charge in [-0.25, -0.2) is 0 Å². The second kappa shape index (κ2) is 6.74. The number of nitrogens with zero attached hydrogens (tertiary/aromatic N) is 1. The zero-order valence-corrected chi connectivity index (χ0v) is 15.6. The van der Waals surface area contributed by atoms with Crippen molar-refractivity contribution in [1.29, 1.82) is 0 Å². The number of nitrogens with one attached hydrogen (secondary N) is 1. The highest BCUT2D eigenvalue weighted by molar-refractivity contribution is 5.92. The summed E-state index contributed by atoms with van der Waals surface area (Å²) in [6.45, 7) is 0.184. The van der Waals surface area contributed by atoms with Crippen LogP contribution in [0.15, 0.2) is 54.7 Å². The van der Waals surface area contributed by atoms with E-state index in [9.17, 15) is 9.90 Å². The van der Waals surface area contributed by atoms with Gasteiger partial charge >= 0.3 is 0 Å². The Balaban J connectivity index is 1.51. The molecule has 1 aliphatic carbocycles. The fraction of sp³-hybridized carbons (Fsp3) is 0.318. The van der Waals surface area contributed by atoms with Crippen molar-refractivity contribution in [2.24, 2.45) is 7.05 Å². The highest BCUT2D eigenvalue weighted by Crippen LogP contribution is 2.51. The van der Waals surface area contributed by atoms with E-state index in [2.05, 4.69) is 5.32 Å². The first kappa shape index (κ1) is 17.6. The van der Waals surface area contributed by atoms with Gasteiger partial charge in [0.2, 0.25) is 5.91 Å². The third kappa shape index (κ3) is 2.98. The van der Waals surface area contributed by atoms with Crippen LogP contribution in [0.4, 0.5) is 0 Å². The standard InChI is InChI=1S/C22H24N2O3/c1-24-14-16(15-7-3-5-9-18(15)24)19(25)13-23-21(26)22(11-12-22)17-8-4-6-10-20(17)27-2/h3-10,14,19,25H,11-13H2,1-2H3,(H,23,26). The number of amides is 1. The average molecular weight is 364 g/mol. The number of rotatable bonds is 6. The van der Waals surface area contributed by atoms with E-state index >= 15 is 0 Å². The van der Waals surface area contributed by atoms with Crippen LogP contribution in [-0.2, 0) is 17.3 Å². The summed E-state index contributed by atoms with van der Waals surface area (Å²) >= 11 is 0. The third-order valence-electron chi connectivity index (χ3n) is 5.55. The van der Waals surface area contributed by atoms with Crippen LogP contribution in [0.1, 0.15) is 30.1 Å². The van der Waals surface area contributed by atoms with Crippen LogP contribution in [0.25, 0.3) is 10.9 Å². The summed E-state index contributed by atoms with van der Waals surface area (Å²) in [5.41, 5.74) is 2.27. The number of aliphatic hydroxyl groups is 1. The third-order valence-corrected chi connectivity index (χ3v) is 5.55. The molecule has 1 unspecified atom stereocenters. The summed E-state index contributed by atoms with van der Waals surface area (Å²) in [4.78, 5) is 12.9. The summed E-state index contributed by atoms with van der Waals surface area (Å²) in [6, 6.07) is 15.6. The van der Waals surface area contributed by atoms with E-state index in [4.69, 9.17) is 4.74 Å². The molecule has 4 rings (SSSR count). The van der Waals surface area contributed by atoms with E-state index in [1.807, 2.05) is 66.3 Å². The van der Waals surface area contributed by atoms with Gasteiger partial charge in [0.05, 0.1) is 18.6 Å². The lowest BCUT2D eigenvalue weighted by Gasteiger charge is -2.19. The zero-order chi connectivity index (χ0) is 19.0. The van der Waals surface area contributed by atoms with E-state index in [0.717, 1.165) is 40.6 Å². The zero-order valence-electron chi connectivity index (χ0n) is 15.6. The molecule has 2 aromatic carbocycles. The summed E-state index contributed by atoms with van der Waals surface area (Å²) in [5, 5.41) is 14.6. The molecule has 27 heavy (non-hydrogen) atoms. The largest absolute Gasteiger partial charge is 0.496 e. The lowest BCUT2D eigenvalue weighted by molar-refractivity contribution is -0.124. The van der Waals surface area contributed by atoms with Crippen molar-refractivity contribution in [1.82, 2.24) is 9.88 Å². The maximum Gasteiger partial charge on any atom is 0.230 e. The summed E-state index contributed by atoms with van der Waals surface area (Å²) in [5.74, 6) is 0.686. The molecule has 0 bridgehead atoms. The Morgan fingerprint density at radius 3 is 2.67 bits per heavy atom. The normalized spacial score (nSPS) is 16.1. The molecule has 140 valence electrons. The van der Waals surface area contributed by atoms with Crippen LogP contribution in [-0.4, -0.2) is 29.2 Å². The second-order valence-corrected chi connectivity index (χ2v) is 7.22. The fourth-order valence-electron chi connectivity index (χ4n) is 3.89. The maximum absolute atomic E-state index is 12.9. The molecule has 1 aliphatic rings. The number of para-hydroxylation sites is 2. The van der Waals surface area contributed by atoms with Crippen molar-refractivity contribution in [2.75, 3.05) is 13.7 Å². The number of hydrogen-bond acceptors (Lipinski definition) is 3. The minimum Gasteiger partial charge on any atom is -0.496 e. The number of aryl methyl sites for hydroxylation is 1. The van der Waals surface area contributed by atoms with Gasteiger partial charge in [0, 0.05) is 41.8 Å². The molecular weight excluding hydrogens is 340 g/mol. The van der Waals surface area contributed by atoms with Crippen molar-refractivity contribution in [3.8, 4) is 5.75 Å². The molecule has 0 radical (unpaired) electrons. The molecule has 0 spiro atoms. The lowest BCUT2D eigenvalue weighted by Crippen LogP contribution is -2.37. The van der Waals surface area contributed by atoms with Gasteiger partial charge in [-0.1, -0.05) is 36.4 Å². The number of fused-ring (bicyclic) bond motifs is 1. The number of hydrogen-bond donors (Lipinski definition) is 2. The topological polar surface area (TPSA) is 63.5 Å². The molecule has 1 heterocycles. The quantitative estimate of drug-likeness (QED) is 0.707. The molecule has 1 aromatic heterocycles. The van der Waals surface area contributed by atoms with Crippen molar-refractivity contribution in [2.45, 2.75) is 24.4 Å². The Bertz CT molecular complexity index is 988. The summed E-state index contributed by atoms with van der Waals surface area (Å²) < 4.78 is 7.43. The Kier molecular flexibility index (Phi) is 4.40. The van der Waals surface area contributed by atoms with Crippen LogP contribution in [0, 0.1) is 0 Å². The first-order valence-electron chi connectivity index (χ1n) is 9.20. The summed E-state index contributed by atoms with van der Waals surface area (Å²) in [7, 11) is 3.58. The van der Waals surface area contributed by atoms with Gasteiger partial charge in [0.15, 0.2) is 0 Å². The maximum atomic E-state index is 12.9. The Morgan fingerprint density at radius 2 is 1.93 bits per heavy atom. The van der Waals surface area contributed by atoms with E-state index in [-0.39, 0.29) is 12.5 Å². The average Bonchev–Trinajstić information content (AvgIpc) is 3.45. The van der Waals surface area contributed by atoms with E-state index in [0.29, 0.717) is 0 Å². The molecule has 2 N–H and O–H groups in total. The number of ether oxygens (including phenoxy) is 1. The number of carbonyl (C=O) groups is 1. The molecule has 0 saturated heterocycles. The van der Waals surface area contributed by atoms with Gasteiger partial charge in [0.1, 0.15) is 5.75 Å². The molecule has 1 amide bonds. The van der Waals surface area contributed by atoms with Gasteiger partial charge in [-0.05, 0) is 25.0 Å². The van der Waals surface area contributed by atoms with Gasteiger partial charge in [-0.2, -0.15) is 0 Å². The molecule has 5 heteroatoms. The molecule has 3 aromatic rings. The number of aromatic nitrogens is 1. The highest BCUT2D eigenvalue weighted by atomic mass is 16.5. The molecule has 1 saturated carbocycles. The van der Waals surface area contributed by atoms with E-state index < -0.39 is 11.5 Å². The minimum atomic E-state index is -0.756. The Labute approximate surface area is 158 Å². The predicted molar refractivity (Wildman–Crippen MR) is 105 cm³/mol. The fourth-order valence-corrected chi connectivity index (χ4v) is 3.89. The van der Waals surface area contributed by atoms with Crippen LogP contribution < -0.4 is 10.1 Å². The van der Waals surface area contributed by atoms with E-state index in [1.54, 1.807) is 7.11 Å². The number of aliphatic hydroxyl groups excluding tert-OH is 1. The van der Waals surface area contributed by atoms with Crippen molar-refractivity contribution < 1.29 is 14.6 Å². The number of methoxy groups -OCH3 is 1. The SMILES string of the molecule is COc1ccccc1C1(C(=O)NCC(O)c2cn(C)c3ccccc23)CC1. The summed E-state index contributed by atoms with van der Waals surface area (Å²) in [6.07, 6.45) is 2.76. The second-order valence-electron chi connectivity index (χ2n) is 7.22. The number of benzene rings is 2. The van der Waals surface area contributed by atoms with Crippen LogP contribution in [0.5, 0.6) is 5.75 Å². The van der Waals surface area contributed by atoms with Gasteiger partial charge in [-0.15, -0.1) is 0 Å². The van der Waals surface area contributed by atoms with Crippen LogP contribution in [0.3, 0.4) is 0 Å². The van der Waals surface area contributed by atoms with Crippen molar-refractivity contribution in [3.63, 3.8) is 0 Å². The van der Waals surface area contributed by atoms with Gasteiger partial charge in [0.25, 0.3) is 0 Å². The van der Waals surface area contributed by atoms with Crippen LogP contribution in [0.2, 0.25) is 0 Å². The van der Waals surface area contributed by atoms with Crippen molar-refractivity contribution in [3.05, 3.63) is 65.9 Å². The molecule has 1 fully saturated rings. The number of carbonyl (C=O) groups excluding carboxylic acids is 1. The van der Waals surface area contributed by atoms with Gasteiger partial charge in [-0.3, -0.25) is 4.79 Å². The molecule has 5 nitrogen and oxygen atoms in total. The van der Waals surface area contributed by atoms with Gasteiger partial charge < -0.3 is 19.7 Å². The lowest BCUT2D eigenvalue weighted by atomic mass is 9.93. The first-order chi connectivity index (χ1) is 13.1. The van der Waals surface area contributed by atoms with Crippen molar-refractivity contribution >= 4 is 16.8 Å².